The minimum Gasteiger partial charge on any atom is -0.103 e. The van der Waals surface area contributed by atoms with Crippen LogP contribution in [0, 0.1) is 35.5 Å². The van der Waals surface area contributed by atoms with Crippen molar-refractivity contribution >= 4 is 0 Å². The van der Waals surface area contributed by atoms with Gasteiger partial charge in [0, 0.05) is 12.3 Å². The van der Waals surface area contributed by atoms with Crippen molar-refractivity contribution in [3.8, 4) is 11.8 Å². The van der Waals surface area contributed by atoms with E-state index in [1.807, 2.05) is 0 Å². The van der Waals surface area contributed by atoms with Gasteiger partial charge in [0.2, 0.25) is 0 Å². The van der Waals surface area contributed by atoms with E-state index in [2.05, 4.69) is 65.5 Å². The molecule has 24 heavy (non-hydrogen) atoms. The molecule has 0 radical (unpaired) electrons. The molecule has 0 nitrogen and oxygen atoms in total. The van der Waals surface area contributed by atoms with Crippen LogP contribution in [0.3, 0.4) is 0 Å². The third-order valence-electron chi connectivity index (χ3n) is 5.00. The molecule has 140 valence electrons. The smallest absolute Gasteiger partial charge is 0.0177 e. The van der Waals surface area contributed by atoms with E-state index >= 15 is 0 Å². The Labute approximate surface area is 153 Å². The lowest BCUT2D eigenvalue weighted by Crippen LogP contribution is -2.06. The van der Waals surface area contributed by atoms with E-state index in [0.717, 1.165) is 24.2 Å². The molecule has 0 rings (SSSR count). The second-order valence-electron chi connectivity index (χ2n) is 8.02. The Morgan fingerprint density at radius 3 is 2.25 bits per heavy atom. The van der Waals surface area contributed by atoms with Crippen molar-refractivity contribution in [1.82, 2.24) is 0 Å². The van der Waals surface area contributed by atoms with Gasteiger partial charge in [-0.25, -0.2) is 0 Å². The van der Waals surface area contributed by atoms with Crippen LogP contribution in [0.1, 0.15) is 106 Å². The van der Waals surface area contributed by atoms with Crippen LogP contribution in [0.15, 0.2) is 12.2 Å². The van der Waals surface area contributed by atoms with Crippen molar-refractivity contribution < 1.29 is 0 Å². The molecular weight excluding hydrogens is 288 g/mol. The number of allylic oxidation sites excluding steroid dienone is 2. The minimum absolute atomic E-state index is 0.548. The van der Waals surface area contributed by atoms with Gasteiger partial charge in [-0.1, -0.05) is 79.4 Å². The fourth-order valence-corrected chi connectivity index (χ4v) is 3.55. The summed E-state index contributed by atoms with van der Waals surface area (Å²) in [4.78, 5) is 0. The summed E-state index contributed by atoms with van der Waals surface area (Å²) in [6.45, 7) is 13.9. The zero-order valence-electron chi connectivity index (χ0n) is 17.5. The normalized spacial score (nSPS) is 16.4. The SMILES string of the molecule is CCCCC=CCC(C)CC(C)CC(C)C#CCC(CC)CCC. The Kier molecular flexibility index (Phi) is 15.3. The lowest BCUT2D eigenvalue weighted by Gasteiger charge is -2.17. The zero-order chi connectivity index (χ0) is 18.2. The average molecular weight is 333 g/mol. The third-order valence-corrected chi connectivity index (χ3v) is 5.00. The molecule has 0 bridgehead atoms. The van der Waals surface area contributed by atoms with Crippen LogP contribution in [-0.4, -0.2) is 0 Å². The van der Waals surface area contributed by atoms with Crippen LogP contribution in [0.4, 0.5) is 0 Å². The van der Waals surface area contributed by atoms with E-state index < -0.39 is 0 Å². The first-order valence-electron chi connectivity index (χ1n) is 10.7. The summed E-state index contributed by atoms with van der Waals surface area (Å²) in [6.07, 6.45) is 17.5. The predicted molar refractivity (Wildman–Crippen MR) is 111 cm³/mol. The quantitative estimate of drug-likeness (QED) is 0.182. The Morgan fingerprint density at radius 1 is 0.875 bits per heavy atom. The number of hydrogen-bond acceptors (Lipinski definition) is 0. The molecule has 4 unspecified atom stereocenters. The van der Waals surface area contributed by atoms with Crippen LogP contribution < -0.4 is 0 Å². The van der Waals surface area contributed by atoms with Crippen molar-refractivity contribution in [3.05, 3.63) is 12.2 Å². The highest BCUT2D eigenvalue weighted by molar-refractivity contribution is 5.03. The molecule has 0 aromatic heterocycles. The molecule has 0 aromatic carbocycles. The molecule has 0 N–H and O–H groups in total. The van der Waals surface area contributed by atoms with Gasteiger partial charge in [0.25, 0.3) is 0 Å². The predicted octanol–water partition coefficient (Wildman–Crippen LogP) is 8.03. The first kappa shape index (κ1) is 23.3. The second kappa shape index (κ2) is 15.8. The summed E-state index contributed by atoms with van der Waals surface area (Å²) in [5.41, 5.74) is 0. The molecule has 0 saturated heterocycles. The van der Waals surface area contributed by atoms with Crippen LogP contribution in [0.25, 0.3) is 0 Å². The van der Waals surface area contributed by atoms with E-state index in [9.17, 15) is 0 Å². The fraction of sp³-hybridized carbons (Fsp3) is 0.833. The maximum atomic E-state index is 3.51. The molecule has 0 aliphatic heterocycles. The van der Waals surface area contributed by atoms with Crippen molar-refractivity contribution in [1.29, 1.82) is 0 Å². The average Bonchev–Trinajstić information content (AvgIpc) is 2.53. The summed E-state index contributed by atoms with van der Waals surface area (Å²) in [7, 11) is 0. The lowest BCUT2D eigenvalue weighted by molar-refractivity contribution is 0.372. The largest absolute Gasteiger partial charge is 0.103 e. The second-order valence-corrected chi connectivity index (χ2v) is 8.02. The fourth-order valence-electron chi connectivity index (χ4n) is 3.55. The molecule has 0 spiro atoms. The standard InChI is InChI=1S/C24H44/c1-7-10-11-12-13-16-21(4)19-23(6)20-22(5)17-14-18-24(9-3)15-8-2/h12-13,21-24H,7-11,15-16,18-20H2,1-6H3. The topological polar surface area (TPSA) is 0 Å². The van der Waals surface area contributed by atoms with Crippen LogP contribution >= 0.6 is 0 Å². The first-order chi connectivity index (χ1) is 11.5. The first-order valence-corrected chi connectivity index (χ1v) is 10.7. The number of rotatable bonds is 13. The van der Waals surface area contributed by atoms with Gasteiger partial charge >= 0.3 is 0 Å². The van der Waals surface area contributed by atoms with Crippen molar-refractivity contribution in [2.75, 3.05) is 0 Å². The molecule has 0 heteroatoms. The molecule has 0 aliphatic rings. The minimum atomic E-state index is 0.548. The lowest BCUT2D eigenvalue weighted by atomic mass is 9.88. The number of unbranched alkanes of at least 4 members (excludes halogenated alkanes) is 2. The van der Waals surface area contributed by atoms with Gasteiger partial charge in [0.05, 0.1) is 0 Å². The van der Waals surface area contributed by atoms with E-state index in [0.29, 0.717) is 5.92 Å². The van der Waals surface area contributed by atoms with Crippen molar-refractivity contribution in [3.63, 3.8) is 0 Å². The summed E-state index contributed by atoms with van der Waals surface area (Å²) < 4.78 is 0. The van der Waals surface area contributed by atoms with Gasteiger partial charge in [0.1, 0.15) is 0 Å². The Balaban J connectivity index is 4.00. The molecular formula is C24H44. The number of hydrogen-bond donors (Lipinski definition) is 0. The monoisotopic (exact) mass is 332 g/mol. The van der Waals surface area contributed by atoms with Gasteiger partial charge in [-0.15, -0.1) is 11.8 Å². The summed E-state index contributed by atoms with van der Waals surface area (Å²) in [6, 6.07) is 0. The zero-order valence-corrected chi connectivity index (χ0v) is 17.5. The van der Waals surface area contributed by atoms with Gasteiger partial charge in [-0.2, -0.15) is 0 Å². The van der Waals surface area contributed by atoms with Crippen LogP contribution in [0.5, 0.6) is 0 Å². The van der Waals surface area contributed by atoms with E-state index in [-0.39, 0.29) is 0 Å². The van der Waals surface area contributed by atoms with Crippen molar-refractivity contribution in [2.24, 2.45) is 23.7 Å². The maximum Gasteiger partial charge on any atom is 0.0177 e. The molecule has 0 aliphatic carbocycles. The maximum absolute atomic E-state index is 3.51. The molecule has 0 heterocycles. The van der Waals surface area contributed by atoms with Crippen LogP contribution in [0.2, 0.25) is 0 Å². The molecule has 4 atom stereocenters. The Morgan fingerprint density at radius 2 is 1.62 bits per heavy atom. The van der Waals surface area contributed by atoms with Crippen molar-refractivity contribution in [2.45, 2.75) is 106 Å². The molecule has 0 fully saturated rings. The van der Waals surface area contributed by atoms with Gasteiger partial charge < -0.3 is 0 Å². The molecule has 0 amide bonds. The molecule has 0 saturated carbocycles. The van der Waals surface area contributed by atoms with E-state index in [4.69, 9.17) is 0 Å². The highest BCUT2D eigenvalue weighted by Gasteiger charge is 2.11. The molecule has 0 aromatic rings. The van der Waals surface area contributed by atoms with E-state index in [1.165, 1.54) is 57.8 Å². The highest BCUT2D eigenvalue weighted by Crippen LogP contribution is 2.22. The summed E-state index contributed by atoms with van der Waals surface area (Å²) in [5, 5.41) is 0. The van der Waals surface area contributed by atoms with Gasteiger partial charge in [0.15, 0.2) is 0 Å². The van der Waals surface area contributed by atoms with E-state index in [1.54, 1.807) is 0 Å². The highest BCUT2D eigenvalue weighted by atomic mass is 14.2. The summed E-state index contributed by atoms with van der Waals surface area (Å²) in [5.74, 6) is 9.93. The Hall–Kier alpha value is -0.700. The van der Waals surface area contributed by atoms with Crippen LogP contribution in [-0.2, 0) is 0 Å². The third kappa shape index (κ3) is 13.7. The summed E-state index contributed by atoms with van der Waals surface area (Å²) >= 11 is 0. The van der Waals surface area contributed by atoms with Gasteiger partial charge in [-0.05, 0) is 49.9 Å². The Bertz CT molecular complexity index is 354. The van der Waals surface area contributed by atoms with Gasteiger partial charge in [-0.3, -0.25) is 0 Å².